The van der Waals surface area contributed by atoms with Crippen LogP contribution in [-0.2, 0) is 6.18 Å². The Hall–Kier alpha value is -3.81. The van der Waals surface area contributed by atoms with Gasteiger partial charge in [0.1, 0.15) is 11.3 Å². The Labute approximate surface area is 195 Å². The molecule has 0 amide bonds. The second kappa shape index (κ2) is 7.86. The fourth-order valence-corrected chi connectivity index (χ4v) is 4.59. The molecule has 1 nitrogen and oxygen atoms in total. The predicted octanol–water partition coefficient (Wildman–Crippen LogP) is 8.64. The number of rotatable bonds is 2. The van der Waals surface area contributed by atoms with Crippen molar-refractivity contribution < 1.29 is 30.7 Å². The molecule has 35 heavy (non-hydrogen) atoms. The second-order valence-electron chi connectivity index (χ2n) is 8.33. The van der Waals surface area contributed by atoms with Crippen LogP contribution < -0.4 is 0 Å². The van der Waals surface area contributed by atoms with E-state index < -0.39 is 40.7 Å². The van der Waals surface area contributed by atoms with Crippen LogP contribution in [0.25, 0.3) is 38.6 Å². The predicted molar refractivity (Wildman–Crippen MR) is 121 cm³/mol. The number of para-hydroxylation sites is 1. The molecule has 1 aromatic heterocycles. The number of fused-ring (bicyclic) bond motifs is 3. The van der Waals surface area contributed by atoms with Gasteiger partial charge >= 0.3 is 6.18 Å². The average molecular weight is 487 g/mol. The number of benzene rings is 4. The van der Waals surface area contributed by atoms with Gasteiger partial charge in [0, 0.05) is 10.8 Å². The van der Waals surface area contributed by atoms with Crippen molar-refractivity contribution in [1.29, 1.82) is 0 Å². The maximum Gasteiger partial charge on any atom is 0.422 e. The molecular formula is C27H16F7N. The maximum absolute atomic E-state index is 15.1. The van der Waals surface area contributed by atoms with E-state index in [-0.39, 0.29) is 11.0 Å². The fraction of sp³-hybridized carbons (Fsp3) is 0.111. The van der Waals surface area contributed by atoms with E-state index in [0.717, 1.165) is 21.3 Å². The lowest BCUT2D eigenvalue weighted by atomic mass is 9.95. The first-order chi connectivity index (χ1) is 16.5. The third-order valence-electron chi connectivity index (χ3n) is 6.20. The first-order valence-corrected chi connectivity index (χ1v) is 10.6. The third kappa shape index (κ3) is 3.38. The number of hydrogen-bond donors (Lipinski definition) is 0. The highest BCUT2D eigenvalue weighted by Crippen LogP contribution is 2.42. The molecule has 0 fully saturated rings. The molecule has 0 saturated carbocycles. The van der Waals surface area contributed by atoms with Gasteiger partial charge in [-0.3, -0.25) is 0 Å². The number of hydrogen-bond acceptors (Lipinski definition) is 0. The van der Waals surface area contributed by atoms with Gasteiger partial charge in [-0.1, -0.05) is 42.5 Å². The summed E-state index contributed by atoms with van der Waals surface area (Å²) in [6, 6.07) is 17.2. The normalized spacial score (nSPS) is 12.1. The fourth-order valence-electron chi connectivity index (χ4n) is 4.59. The van der Waals surface area contributed by atoms with Crippen LogP contribution in [0.4, 0.5) is 30.7 Å². The van der Waals surface area contributed by atoms with Crippen LogP contribution >= 0.6 is 0 Å². The minimum Gasteiger partial charge on any atom is -0.304 e. The first-order valence-electron chi connectivity index (χ1n) is 10.6. The van der Waals surface area contributed by atoms with Gasteiger partial charge in [-0.25, -0.2) is 17.6 Å². The molecule has 0 aliphatic carbocycles. The summed E-state index contributed by atoms with van der Waals surface area (Å²) < 4.78 is 99.7. The Kier molecular flexibility index (Phi) is 5.16. The lowest BCUT2D eigenvalue weighted by Gasteiger charge is -2.17. The van der Waals surface area contributed by atoms with E-state index in [4.69, 9.17) is 0 Å². The molecule has 0 saturated heterocycles. The summed E-state index contributed by atoms with van der Waals surface area (Å²) >= 11 is 0. The summed E-state index contributed by atoms with van der Waals surface area (Å²) in [7, 11) is 0. The Morgan fingerprint density at radius 3 is 1.83 bits per heavy atom. The molecule has 4 aromatic carbocycles. The number of nitrogens with zero attached hydrogens (tertiary/aromatic N) is 1. The SMILES string of the molecule is Cc1ccccc1-c1cc2c(cc1C)c1ccccc1n2-c1c(F)c(F)c(C(F)(F)F)c(F)c1F. The molecule has 0 unspecified atom stereocenters. The third-order valence-corrected chi connectivity index (χ3v) is 6.20. The van der Waals surface area contributed by atoms with E-state index in [0.29, 0.717) is 16.3 Å². The minimum absolute atomic E-state index is 0.181. The van der Waals surface area contributed by atoms with E-state index in [2.05, 4.69) is 0 Å². The summed E-state index contributed by atoms with van der Waals surface area (Å²) in [6.45, 7) is 3.74. The monoisotopic (exact) mass is 487 g/mol. The molecule has 0 aliphatic rings. The molecule has 8 heteroatoms. The number of alkyl halides is 3. The highest BCUT2D eigenvalue weighted by molar-refractivity contribution is 6.10. The molecule has 0 spiro atoms. The van der Waals surface area contributed by atoms with Gasteiger partial charge < -0.3 is 4.57 Å². The van der Waals surface area contributed by atoms with E-state index in [1.165, 1.54) is 6.07 Å². The Balaban J connectivity index is 1.95. The zero-order valence-corrected chi connectivity index (χ0v) is 18.4. The maximum atomic E-state index is 15.1. The van der Waals surface area contributed by atoms with Crippen molar-refractivity contribution in [3.63, 3.8) is 0 Å². The topological polar surface area (TPSA) is 4.93 Å². The average Bonchev–Trinajstić information content (AvgIpc) is 3.10. The first kappa shape index (κ1) is 23.0. The van der Waals surface area contributed by atoms with Crippen LogP contribution in [0.2, 0.25) is 0 Å². The molecule has 0 N–H and O–H groups in total. The highest BCUT2D eigenvalue weighted by atomic mass is 19.4. The highest BCUT2D eigenvalue weighted by Gasteiger charge is 2.43. The van der Waals surface area contributed by atoms with Gasteiger partial charge in [-0.05, 0) is 54.3 Å². The smallest absolute Gasteiger partial charge is 0.304 e. The zero-order valence-electron chi connectivity index (χ0n) is 18.4. The summed E-state index contributed by atoms with van der Waals surface area (Å²) in [5, 5.41) is 1.04. The lowest BCUT2D eigenvalue weighted by molar-refractivity contribution is -0.143. The van der Waals surface area contributed by atoms with E-state index in [9.17, 15) is 22.0 Å². The Morgan fingerprint density at radius 2 is 1.20 bits per heavy atom. The van der Waals surface area contributed by atoms with Crippen molar-refractivity contribution in [1.82, 2.24) is 4.57 Å². The molecule has 0 atom stereocenters. The van der Waals surface area contributed by atoms with Gasteiger partial charge in [-0.2, -0.15) is 13.2 Å². The summed E-state index contributed by atoms with van der Waals surface area (Å²) in [5.41, 5.74) is -0.205. The largest absolute Gasteiger partial charge is 0.422 e. The second-order valence-corrected chi connectivity index (χ2v) is 8.33. The van der Waals surface area contributed by atoms with Crippen molar-refractivity contribution in [2.24, 2.45) is 0 Å². The van der Waals surface area contributed by atoms with E-state index in [1.807, 2.05) is 38.1 Å². The molecule has 0 aliphatic heterocycles. The minimum atomic E-state index is -5.62. The van der Waals surface area contributed by atoms with E-state index in [1.54, 1.807) is 30.3 Å². The van der Waals surface area contributed by atoms with Crippen LogP contribution in [0, 0.1) is 37.1 Å². The number of aromatic nitrogens is 1. The number of aryl methyl sites for hydroxylation is 2. The molecule has 5 rings (SSSR count). The Bertz CT molecular complexity index is 1620. The van der Waals surface area contributed by atoms with Crippen molar-refractivity contribution >= 4 is 21.8 Å². The van der Waals surface area contributed by atoms with Crippen molar-refractivity contribution in [2.45, 2.75) is 20.0 Å². The molecule has 0 bridgehead atoms. The standard InChI is InChI=1S/C27H16F7N/c1-13-7-3-4-8-15(13)17-12-20-18(11-14(17)2)16-9-5-6-10-19(16)35(20)26-24(30)22(28)21(27(32,33)34)23(29)25(26)31/h3-12H,1-2H3. The van der Waals surface area contributed by atoms with Crippen molar-refractivity contribution in [2.75, 3.05) is 0 Å². The summed E-state index contributed by atoms with van der Waals surface area (Å²) in [5.74, 6) is -9.25. The number of halogens is 7. The van der Waals surface area contributed by atoms with Gasteiger partial charge in [-0.15, -0.1) is 0 Å². The van der Waals surface area contributed by atoms with E-state index >= 15 is 8.78 Å². The summed E-state index contributed by atoms with van der Waals surface area (Å²) in [4.78, 5) is 0. The molecule has 0 radical (unpaired) electrons. The van der Waals surface area contributed by atoms with Gasteiger partial charge in [0.25, 0.3) is 0 Å². The van der Waals surface area contributed by atoms with Crippen LogP contribution in [0.3, 0.4) is 0 Å². The molecule has 178 valence electrons. The lowest BCUT2D eigenvalue weighted by Crippen LogP contribution is -2.17. The molecular weight excluding hydrogens is 471 g/mol. The van der Waals surface area contributed by atoms with Gasteiger partial charge in [0.2, 0.25) is 0 Å². The van der Waals surface area contributed by atoms with Gasteiger partial charge in [0.15, 0.2) is 23.3 Å². The van der Waals surface area contributed by atoms with Crippen molar-refractivity contribution in [3.8, 4) is 16.8 Å². The zero-order chi connectivity index (χ0) is 25.2. The Morgan fingerprint density at radius 1 is 0.600 bits per heavy atom. The van der Waals surface area contributed by atoms with Crippen LogP contribution in [0.5, 0.6) is 0 Å². The molecule has 5 aromatic rings. The van der Waals surface area contributed by atoms with Gasteiger partial charge in [0.05, 0.1) is 11.0 Å². The van der Waals surface area contributed by atoms with Crippen molar-refractivity contribution in [3.05, 3.63) is 101 Å². The summed E-state index contributed by atoms with van der Waals surface area (Å²) in [6.07, 6.45) is -5.62. The van der Waals surface area contributed by atoms with Crippen LogP contribution in [0.15, 0.2) is 60.7 Å². The van der Waals surface area contributed by atoms with Crippen LogP contribution in [0.1, 0.15) is 16.7 Å². The molecule has 1 heterocycles. The quantitative estimate of drug-likeness (QED) is 0.174. The van der Waals surface area contributed by atoms with Crippen LogP contribution in [-0.4, -0.2) is 4.57 Å².